The molecule has 3 aromatic carbocycles. The molecule has 1 N–H and O–H groups in total. The van der Waals surface area contributed by atoms with Crippen molar-refractivity contribution in [2.75, 3.05) is 23.3 Å². The summed E-state index contributed by atoms with van der Waals surface area (Å²) in [6.07, 6.45) is 1.18. The second-order valence-corrected chi connectivity index (χ2v) is 9.41. The molecule has 0 spiro atoms. The SMILES string of the molecule is C[C@H]1C[C@H](C)CN(c2cc(Nc3cccc(F)c3)c3c4c(onc24)-c2ccccc2C3=O)C1. The summed E-state index contributed by atoms with van der Waals surface area (Å²) in [5.74, 6) is 1.28. The van der Waals surface area contributed by atoms with Gasteiger partial charge in [-0.25, -0.2) is 4.39 Å². The Labute approximate surface area is 191 Å². The minimum Gasteiger partial charge on any atom is -0.369 e. The fourth-order valence-corrected chi connectivity index (χ4v) is 5.46. The van der Waals surface area contributed by atoms with Gasteiger partial charge in [-0.1, -0.05) is 49.3 Å². The summed E-state index contributed by atoms with van der Waals surface area (Å²) in [7, 11) is 0. The molecule has 2 aliphatic rings. The largest absolute Gasteiger partial charge is 0.369 e. The second-order valence-electron chi connectivity index (χ2n) is 9.41. The molecule has 0 saturated carbocycles. The zero-order chi connectivity index (χ0) is 22.7. The van der Waals surface area contributed by atoms with Crippen LogP contribution in [0.5, 0.6) is 0 Å². The molecule has 33 heavy (non-hydrogen) atoms. The van der Waals surface area contributed by atoms with Gasteiger partial charge in [0, 0.05) is 29.9 Å². The van der Waals surface area contributed by atoms with Crippen LogP contribution in [-0.2, 0) is 0 Å². The van der Waals surface area contributed by atoms with E-state index in [0.29, 0.717) is 45.6 Å². The number of fused-ring (bicyclic) bond motifs is 2. The third kappa shape index (κ3) is 3.20. The number of hydrogen-bond donors (Lipinski definition) is 1. The molecule has 1 saturated heterocycles. The van der Waals surface area contributed by atoms with Crippen LogP contribution in [0.15, 0.2) is 59.1 Å². The predicted octanol–water partition coefficient (Wildman–Crippen LogP) is 6.40. The van der Waals surface area contributed by atoms with E-state index in [1.165, 1.54) is 18.6 Å². The van der Waals surface area contributed by atoms with Crippen LogP contribution >= 0.6 is 0 Å². The Bertz CT molecular complexity index is 1400. The molecule has 1 fully saturated rings. The molecule has 0 radical (unpaired) electrons. The number of benzene rings is 3. The number of halogens is 1. The van der Waals surface area contributed by atoms with Gasteiger partial charge in [-0.15, -0.1) is 0 Å². The third-order valence-corrected chi connectivity index (χ3v) is 6.69. The summed E-state index contributed by atoms with van der Waals surface area (Å²) in [5, 5.41) is 8.49. The lowest BCUT2D eigenvalue weighted by Gasteiger charge is -2.37. The molecule has 4 aromatic rings. The van der Waals surface area contributed by atoms with E-state index in [9.17, 15) is 9.18 Å². The van der Waals surface area contributed by atoms with E-state index in [1.807, 2.05) is 30.3 Å². The van der Waals surface area contributed by atoms with E-state index in [4.69, 9.17) is 4.52 Å². The number of carbonyl (C=O) groups is 1. The van der Waals surface area contributed by atoms with Crippen LogP contribution < -0.4 is 10.2 Å². The summed E-state index contributed by atoms with van der Waals surface area (Å²) in [5.41, 5.74) is 4.72. The quantitative estimate of drug-likeness (QED) is 0.351. The van der Waals surface area contributed by atoms with Gasteiger partial charge in [0.1, 0.15) is 11.3 Å². The summed E-state index contributed by atoms with van der Waals surface area (Å²) in [6, 6.07) is 15.7. The summed E-state index contributed by atoms with van der Waals surface area (Å²) in [4.78, 5) is 16.0. The number of nitrogens with zero attached hydrogens (tertiary/aromatic N) is 2. The molecule has 2 atom stereocenters. The molecule has 1 aliphatic heterocycles. The van der Waals surface area contributed by atoms with Gasteiger partial charge in [0.05, 0.1) is 22.3 Å². The topological polar surface area (TPSA) is 58.4 Å². The van der Waals surface area contributed by atoms with E-state index in [-0.39, 0.29) is 11.6 Å². The molecule has 2 heterocycles. The Hall–Kier alpha value is -3.67. The van der Waals surface area contributed by atoms with Crippen LogP contribution in [0.25, 0.3) is 22.2 Å². The molecule has 166 valence electrons. The number of rotatable bonds is 3. The van der Waals surface area contributed by atoms with Crippen LogP contribution in [0.2, 0.25) is 0 Å². The van der Waals surface area contributed by atoms with E-state index in [2.05, 4.69) is 29.2 Å². The number of hydrogen-bond acceptors (Lipinski definition) is 5. The average molecular weight is 442 g/mol. The molecule has 6 heteroatoms. The highest BCUT2D eigenvalue weighted by Crippen LogP contribution is 2.47. The molecule has 1 aliphatic carbocycles. The summed E-state index contributed by atoms with van der Waals surface area (Å²) >= 11 is 0. The van der Waals surface area contributed by atoms with Crippen molar-refractivity contribution in [3.63, 3.8) is 0 Å². The monoisotopic (exact) mass is 441 g/mol. The van der Waals surface area contributed by atoms with Gasteiger partial charge in [-0.05, 0) is 42.5 Å². The van der Waals surface area contributed by atoms with Gasteiger partial charge < -0.3 is 14.7 Å². The number of anilines is 3. The Morgan fingerprint density at radius 2 is 1.79 bits per heavy atom. The van der Waals surface area contributed by atoms with E-state index in [0.717, 1.165) is 29.7 Å². The standard InChI is InChI=1S/C27H24FN3O2/c1-15-10-16(2)14-31(13-15)22-12-21(29-18-7-5-6-17(28)11-18)23-24-25(22)30-33-27(24)20-9-4-3-8-19(20)26(23)32/h3-9,11-12,15-16,29H,10,13-14H2,1-2H3/t15-,16-/m0/s1. The van der Waals surface area contributed by atoms with Crippen molar-refractivity contribution in [2.24, 2.45) is 11.8 Å². The first kappa shape index (κ1) is 20.0. The van der Waals surface area contributed by atoms with Crippen LogP contribution in [0.3, 0.4) is 0 Å². The second kappa shape index (κ2) is 7.44. The molecule has 5 nitrogen and oxygen atoms in total. The molecule has 0 amide bonds. The lowest BCUT2D eigenvalue weighted by Crippen LogP contribution is -2.39. The van der Waals surface area contributed by atoms with Crippen molar-refractivity contribution in [2.45, 2.75) is 20.3 Å². The van der Waals surface area contributed by atoms with Crippen molar-refractivity contribution in [1.82, 2.24) is 5.16 Å². The van der Waals surface area contributed by atoms with Crippen molar-refractivity contribution in [1.29, 1.82) is 0 Å². The zero-order valence-electron chi connectivity index (χ0n) is 18.6. The summed E-state index contributed by atoms with van der Waals surface area (Å²) < 4.78 is 19.8. The Balaban J connectivity index is 1.61. The first-order valence-electron chi connectivity index (χ1n) is 11.4. The lowest BCUT2D eigenvalue weighted by molar-refractivity contribution is 0.104. The molecule has 1 aromatic heterocycles. The molecular formula is C27H24FN3O2. The van der Waals surface area contributed by atoms with E-state index < -0.39 is 0 Å². The van der Waals surface area contributed by atoms with Gasteiger partial charge in [0.15, 0.2) is 11.5 Å². The number of ketones is 1. The van der Waals surface area contributed by atoms with E-state index >= 15 is 0 Å². The van der Waals surface area contributed by atoms with Crippen LogP contribution in [0, 0.1) is 17.7 Å². The first-order valence-corrected chi connectivity index (χ1v) is 11.4. The minimum absolute atomic E-state index is 0.0860. The van der Waals surface area contributed by atoms with Crippen molar-refractivity contribution in [3.8, 4) is 11.3 Å². The normalized spacial score (nSPS) is 19.6. The maximum Gasteiger partial charge on any atom is 0.196 e. The number of carbonyl (C=O) groups excluding carboxylic acids is 1. The Morgan fingerprint density at radius 3 is 2.55 bits per heavy atom. The molecule has 0 unspecified atom stereocenters. The number of aromatic nitrogens is 1. The third-order valence-electron chi connectivity index (χ3n) is 6.69. The van der Waals surface area contributed by atoms with Gasteiger partial charge in [-0.2, -0.15) is 0 Å². The summed E-state index contributed by atoms with van der Waals surface area (Å²) in [6.45, 7) is 6.34. The fourth-order valence-electron chi connectivity index (χ4n) is 5.46. The molecule has 6 rings (SSSR count). The highest BCUT2D eigenvalue weighted by Gasteiger charge is 2.34. The average Bonchev–Trinajstić information content (AvgIpc) is 3.22. The minimum atomic E-state index is -0.337. The van der Waals surface area contributed by atoms with Gasteiger partial charge in [0.25, 0.3) is 0 Å². The molecule has 0 bridgehead atoms. The zero-order valence-corrected chi connectivity index (χ0v) is 18.6. The maximum atomic E-state index is 13.9. The maximum absolute atomic E-state index is 13.9. The highest BCUT2D eigenvalue weighted by molar-refractivity contribution is 6.28. The Morgan fingerprint density at radius 1 is 1.03 bits per heavy atom. The van der Waals surface area contributed by atoms with E-state index in [1.54, 1.807) is 12.1 Å². The van der Waals surface area contributed by atoms with Crippen LogP contribution in [0.1, 0.15) is 36.2 Å². The van der Waals surface area contributed by atoms with Gasteiger partial charge >= 0.3 is 0 Å². The number of piperidine rings is 1. The Kier molecular flexibility index (Phi) is 4.50. The van der Waals surface area contributed by atoms with Gasteiger partial charge in [-0.3, -0.25) is 4.79 Å². The van der Waals surface area contributed by atoms with Gasteiger partial charge in [0.2, 0.25) is 0 Å². The fraction of sp³-hybridized carbons (Fsp3) is 0.259. The smallest absolute Gasteiger partial charge is 0.196 e. The van der Waals surface area contributed by atoms with Crippen LogP contribution in [0.4, 0.5) is 21.5 Å². The highest BCUT2D eigenvalue weighted by atomic mass is 19.1. The molecular weight excluding hydrogens is 417 g/mol. The number of nitrogens with one attached hydrogen (secondary N) is 1. The van der Waals surface area contributed by atoms with Crippen LogP contribution in [-0.4, -0.2) is 24.0 Å². The van der Waals surface area contributed by atoms with Crippen molar-refractivity contribution >= 4 is 33.7 Å². The lowest BCUT2D eigenvalue weighted by atomic mass is 9.85. The first-order chi connectivity index (χ1) is 16.0. The van der Waals surface area contributed by atoms with Crippen molar-refractivity contribution < 1.29 is 13.7 Å². The predicted molar refractivity (Wildman–Crippen MR) is 128 cm³/mol. The van der Waals surface area contributed by atoms with Crippen molar-refractivity contribution in [3.05, 3.63) is 71.5 Å².